The van der Waals surface area contributed by atoms with E-state index in [9.17, 15) is 9.59 Å². The van der Waals surface area contributed by atoms with Gasteiger partial charge in [0.25, 0.3) is 0 Å². The number of anilines is 1. The lowest BCUT2D eigenvalue weighted by molar-refractivity contribution is -0.126. The standard InChI is InChI=1S/C17H15Cl2N3O3/c1-25-13-6-3-5-12(8-13)21-15(23)9-16(24)22-20-10-11-4-2-7-14(18)17(11)19/h2-8,10H,9H2,1H3,(H,21,23)(H,22,24). The highest BCUT2D eigenvalue weighted by molar-refractivity contribution is 6.43. The number of ether oxygens (including phenoxy) is 1. The number of nitrogens with one attached hydrogen (secondary N) is 2. The van der Waals surface area contributed by atoms with E-state index < -0.39 is 11.8 Å². The van der Waals surface area contributed by atoms with Crippen molar-refractivity contribution in [2.45, 2.75) is 6.42 Å². The van der Waals surface area contributed by atoms with Gasteiger partial charge in [0.1, 0.15) is 12.2 Å². The molecule has 0 radical (unpaired) electrons. The van der Waals surface area contributed by atoms with Crippen molar-refractivity contribution in [1.29, 1.82) is 0 Å². The van der Waals surface area contributed by atoms with Crippen LogP contribution in [0.3, 0.4) is 0 Å². The highest BCUT2D eigenvalue weighted by atomic mass is 35.5. The molecule has 2 amide bonds. The van der Waals surface area contributed by atoms with Crippen molar-refractivity contribution >= 4 is 46.9 Å². The number of benzene rings is 2. The van der Waals surface area contributed by atoms with Crippen molar-refractivity contribution in [3.8, 4) is 5.75 Å². The van der Waals surface area contributed by atoms with Gasteiger partial charge in [0.2, 0.25) is 11.8 Å². The van der Waals surface area contributed by atoms with Crippen LogP contribution in [0.1, 0.15) is 12.0 Å². The van der Waals surface area contributed by atoms with Gasteiger partial charge in [-0.1, -0.05) is 41.4 Å². The monoisotopic (exact) mass is 379 g/mol. The van der Waals surface area contributed by atoms with Gasteiger partial charge < -0.3 is 10.1 Å². The number of halogens is 2. The Morgan fingerprint density at radius 3 is 2.68 bits per heavy atom. The van der Waals surface area contributed by atoms with Crippen LogP contribution in [0.2, 0.25) is 10.0 Å². The molecule has 2 N–H and O–H groups in total. The summed E-state index contributed by atoms with van der Waals surface area (Å²) in [5, 5.41) is 7.08. The number of nitrogens with zero attached hydrogens (tertiary/aromatic N) is 1. The number of hydrogen-bond acceptors (Lipinski definition) is 4. The molecule has 0 atom stereocenters. The Kier molecular flexibility index (Phi) is 6.80. The van der Waals surface area contributed by atoms with Gasteiger partial charge in [-0.2, -0.15) is 5.10 Å². The van der Waals surface area contributed by atoms with Gasteiger partial charge >= 0.3 is 0 Å². The minimum atomic E-state index is -0.560. The van der Waals surface area contributed by atoms with Gasteiger partial charge in [0, 0.05) is 17.3 Å². The Bertz CT molecular complexity index is 809. The SMILES string of the molecule is COc1cccc(NC(=O)CC(=O)NN=Cc2cccc(Cl)c2Cl)c1. The van der Waals surface area contributed by atoms with Crippen molar-refractivity contribution in [2.75, 3.05) is 12.4 Å². The number of hydrogen-bond donors (Lipinski definition) is 2. The first kappa shape index (κ1) is 18.8. The third-order valence-electron chi connectivity index (χ3n) is 3.05. The van der Waals surface area contributed by atoms with E-state index in [1.165, 1.54) is 13.3 Å². The maximum absolute atomic E-state index is 11.9. The molecular formula is C17H15Cl2N3O3. The quantitative estimate of drug-likeness (QED) is 0.458. The van der Waals surface area contributed by atoms with E-state index in [4.69, 9.17) is 27.9 Å². The molecule has 0 spiro atoms. The topological polar surface area (TPSA) is 79.8 Å². The summed E-state index contributed by atoms with van der Waals surface area (Å²) in [5.41, 5.74) is 3.35. The molecule has 0 unspecified atom stereocenters. The largest absolute Gasteiger partial charge is 0.497 e. The number of rotatable bonds is 6. The Morgan fingerprint density at radius 1 is 1.16 bits per heavy atom. The smallest absolute Gasteiger partial charge is 0.249 e. The predicted octanol–water partition coefficient (Wildman–Crippen LogP) is 3.48. The van der Waals surface area contributed by atoms with Crippen LogP contribution in [-0.2, 0) is 9.59 Å². The molecule has 2 rings (SSSR count). The second-order valence-electron chi connectivity index (χ2n) is 4.89. The number of amides is 2. The van der Waals surface area contributed by atoms with Gasteiger partial charge in [0.05, 0.1) is 23.4 Å². The van der Waals surface area contributed by atoms with E-state index in [2.05, 4.69) is 15.8 Å². The van der Waals surface area contributed by atoms with E-state index >= 15 is 0 Å². The first-order valence-electron chi connectivity index (χ1n) is 7.19. The fraction of sp³-hybridized carbons (Fsp3) is 0.118. The summed E-state index contributed by atoms with van der Waals surface area (Å²) < 4.78 is 5.06. The summed E-state index contributed by atoms with van der Waals surface area (Å²) in [4.78, 5) is 23.6. The summed E-state index contributed by atoms with van der Waals surface area (Å²) in [5.74, 6) is -0.429. The zero-order valence-corrected chi connectivity index (χ0v) is 14.8. The van der Waals surface area contributed by atoms with Gasteiger partial charge in [-0.15, -0.1) is 0 Å². The average Bonchev–Trinajstić information content (AvgIpc) is 2.58. The van der Waals surface area contributed by atoms with Crippen LogP contribution in [-0.4, -0.2) is 25.1 Å². The zero-order chi connectivity index (χ0) is 18.2. The third-order valence-corrected chi connectivity index (χ3v) is 3.88. The van der Waals surface area contributed by atoms with Crippen LogP contribution in [0.5, 0.6) is 5.75 Å². The number of hydrazone groups is 1. The second kappa shape index (κ2) is 9.05. The van der Waals surface area contributed by atoms with Gasteiger partial charge in [0.15, 0.2) is 0 Å². The Morgan fingerprint density at radius 2 is 1.92 bits per heavy atom. The lowest BCUT2D eigenvalue weighted by Gasteiger charge is -2.06. The summed E-state index contributed by atoms with van der Waals surface area (Å²) in [6.45, 7) is 0. The predicted molar refractivity (Wildman–Crippen MR) is 98.4 cm³/mol. The normalized spacial score (nSPS) is 10.5. The van der Waals surface area contributed by atoms with E-state index in [0.717, 1.165) is 0 Å². The molecule has 6 nitrogen and oxygen atoms in total. The summed E-state index contributed by atoms with van der Waals surface area (Å²) in [6.07, 6.45) is 0.976. The van der Waals surface area contributed by atoms with Crippen LogP contribution in [0.25, 0.3) is 0 Å². The summed E-state index contributed by atoms with van der Waals surface area (Å²) in [7, 11) is 1.53. The molecule has 0 aliphatic rings. The molecule has 0 bridgehead atoms. The first-order valence-corrected chi connectivity index (χ1v) is 7.95. The van der Waals surface area contributed by atoms with E-state index in [0.29, 0.717) is 27.0 Å². The Balaban J connectivity index is 1.86. The average molecular weight is 380 g/mol. The summed E-state index contributed by atoms with van der Waals surface area (Å²) in [6, 6.07) is 11.9. The molecule has 0 heterocycles. The molecule has 25 heavy (non-hydrogen) atoms. The number of methoxy groups -OCH3 is 1. The molecular weight excluding hydrogens is 365 g/mol. The van der Waals surface area contributed by atoms with Crippen molar-refractivity contribution in [3.63, 3.8) is 0 Å². The van der Waals surface area contributed by atoms with E-state index in [-0.39, 0.29) is 6.42 Å². The van der Waals surface area contributed by atoms with Crippen molar-refractivity contribution < 1.29 is 14.3 Å². The van der Waals surface area contributed by atoms with E-state index in [1.54, 1.807) is 42.5 Å². The lowest BCUT2D eigenvalue weighted by atomic mass is 10.2. The van der Waals surface area contributed by atoms with Crippen LogP contribution in [0, 0.1) is 0 Å². The van der Waals surface area contributed by atoms with E-state index in [1.807, 2.05) is 0 Å². The molecule has 8 heteroatoms. The molecule has 2 aromatic rings. The molecule has 130 valence electrons. The van der Waals surface area contributed by atoms with Crippen LogP contribution in [0.4, 0.5) is 5.69 Å². The maximum Gasteiger partial charge on any atom is 0.249 e. The maximum atomic E-state index is 11.9. The fourth-order valence-corrected chi connectivity index (χ4v) is 2.24. The van der Waals surface area contributed by atoms with Gasteiger partial charge in [-0.25, -0.2) is 5.43 Å². The fourth-order valence-electron chi connectivity index (χ4n) is 1.89. The first-order chi connectivity index (χ1) is 12.0. The minimum absolute atomic E-state index is 0.331. The molecule has 0 saturated carbocycles. The van der Waals surface area contributed by atoms with Crippen molar-refractivity contribution in [3.05, 3.63) is 58.1 Å². The zero-order valence-electron chi connectivity index (χ0n) is 13.3. The minimum Gasteiger partial charge on any atom is -0.497 e. The van der Waals surface area contributed by atoms with Gasteiger partial charge in [-0.05, 0) is 18.2 Å². The molecule has 0 saturated heterocycles. The second-order valence-corrected chi connectivity index (χ2v) is 5.68. The van der Waals surface area contributed by atoms with Crippen LogP contribution < -0.4 is 15.5 Å². The van der Waals surface area contributed by atoms with Crippen LogP contribution in [0.15, 0.2) is 47.6 Å². The molecule has 2 aromatic carbocycles. The van der Waals surface area contributed by atoms with Gasteiger partial charge in [-0.3, -0.25) is 9.59 Å². The van der Waals surface area contributed by atoms with Crippen LogP contribution >= 0.6 is 23.2 Å². The third kappa shape index (κ3) is 5.77. The van der Waals surface area contributed by atoms with Crippen molar-refractivity contribution in [1.82, 2.24) is 5.43 Å². The molecule has 0 aromatic heterocycles. The number of carbonyl (C=O) groups excluding carboxylic acids is 2. The summed E-state index contributed by atoms with van der Waals surface area (Å²) >= 11 is 11.9. The highest BCUT2D eigenvalue weighted by Crippen LogP contribution is 2.24. The molecule has 0 aliphatic carbocycles. The lowest BCUT2D eigenvalue weighted by Crippen LogP contribution is -2.24. The number of carbonyl (C=O) groups is 2. The Hall–Kier alpha value is -2.57. The van der Waals surface area contributed by atoms with Crippen molar-refractivity contribution in [2.24, 2.45) is 5.10 Å². The highest BCUT2D eigenvalue weighted by Gasteiger charge is 2.09. The molecule has 0 aliphatic heterocycles. The Labute approximate surface area is 154 Å². The molecule has 0 fully saturated rings.